The van der Waals surface area contributed by atoms with Gasteiger partial charge in [-0.15, -0.1) is 0 Å². The van der Waals surface area contributed by atoms with Gasteiger partial charge >= 0.3 is 24.4 Å². The molecule has 0 saturated heterocycles. The second-order valence-electron chi connectivity index (χ2n) is 25.4. The van der Waals surface area contributed by atoms with E-state index >= 15 is 0 Å². The molecule has 8 aromatic carbocycles. The van der Waals surface area contributed by atoms with Gasteiger partial charge in [0.1, 0.15) is 23.9 Å². The van der Waals surface area contributed by atoms with Gasteiger partial charge in [0.15, 0.2) is 23.1 Å². The lowest BCUT2D eigenvalue weighted by Crippen LogP contribution is -2.40. The van der Waals surface area contributed by atoms with Gasteiger partial charge in [-0.1, -0.05) is 104 Å². The third kappa shape index (κ3) is 14.7. The second-order valence-corrected chi connectivity index (χ2v) is 28.5. The Balaban J connectivity index is 0.000000119. The fourth-order valence-corrected chi connectivity index (χ4v) is 16.2. The molecule has 19 nitrogen and oxygen atoms in total. The molecule has 4 atom stereocenters. The van der Waals surface area contributed by atoms with Gasteiger partial charge in [-0.2, -0.15) is 0 Å². The molecule has 12 aromatic rings. The minimum Gasteiger partial charge on any atom is -0.454 e. The topological polar surface area (TPSA) is 218 Å². The number of aromatic nitrogens is 4. The number of ether oxygens (including phenoxy) is 7. The van der Waals surface area contributed by atoms with Crippen LogP contribution in [-0.2, 0) is 44.6 Å². The molecule has 106 heavy (non-hydrogen) atoms. The number of nitrogens with zero attached hydrogens (tertiary/aromatic N) is 3. The van der Waals surface area contributed by atoms with E-state index in [1.807, 2.05) is 91.0 Å². The van der Waals surface area contributed by atoms with Crippen LogP contribution in [-0.4, -0.2) is 119 Å². The molecule has 3 amide bonds. The lowest BCUT2D eigenvalue weighted by Gasteiger charge is -2.35. The first kappa shape index (κ1) is 73.3. The molecule has 0 aliphatic carbocycles. The summed E-state index contributed by atoms with van der Waals surface area (Å²) in [6.07, 6.45) is 1.01. The van der Waals surface area contributed by atoms with Crippen LogP contribution >= 0.6 is 73.9 Å². The summed E-state index contributed by atoms with van der Waals surface area (Å²) in [5.41, 5.74) is 15.9. The standard InChI is InChI=1S/C23H23ClN2O5.C20H17ClN2O4.C19H15ClF2N2O2.C17H13BrCl2N2/c1-3-29-22(27)26-12-11-17-18-13-15(24)7-10-19(18)25-20(17)21(26)14-5-8-16(9-6-14)31-23(28)30-4-2;1-25-20(24)23-7-6-13-14-9-12(21)3-4-15(14)22-18(13)19(23)11-2-5-16-17(8-11)27-10-26-16;1-26-19(25)24-7-6-12-13-9-11(20)3-5-16(13)23-17(12)18(24)10-2-4-14(21)15(22)8-10;18-9-1-4-15-13(7-9)11-5-6-21-16(17(11)22-15)12-3-2-10(19)8-14(12)20/h5-10,13,21,25H,3-4,11-12H2,1-2H3;2-5,8-9,19,22H,6-7,10H2,1H3;2-5,8-9,18,23H,6-7H2,1H3;1-4,7-8,16,21-22H,5-6H2. The van der Waals surface area contributed by atoms with Gasteiger partial charge in [0.05, 0.1) is 33.5 Å². The van der Waals surface area contributed by atoms with Gasteiger partial charge in [0.2, 0.25) is 6.79 Å². The van der Waals surface area contributed by atoms with Crippen LogP contribution in [0.1, 0.15) is 105 Å². The number of amides is 3. The van der Waals surface area contributed by atoms with Crippen LogP contribution in [0.2, 0.25) is 25.1 Å². The highest BCUT2D eigenvalue weighted by Gasteiger charge is 2.40. The molecule has 0 spiro atoms. The molecule has 4 unspecified atom stereocenters. The van der Waals surface area contributed by atoms with Crippen molar-refractivity contribution >= 4 is 142 Å². The third-order valence-corrected chi connectivity index (χ3v) is 21.2. The fourth-order valence-electron chi connectivity index (χ4n) is 14.8. The largest absolute Gasteiger partial charge is 0.513 e. The van der Waals surface area contributed by atoms with Crippen molar-refractivity contribution in [3.63, 3.8) is 0 Å². The lowest BCUT2D eigenvalue weighted by molar-refractivity contribution is 0.0931. The molecule has 5 N–H and O–H groups in total. The average molecular weight is 1600 g/mol. The van der Waals surface area contributed by atoms with Gasteiger partial charge in [-0.25, -0.2) is 28.0 Å². The van der Waals surface area contributed by atoms with Gasteiger partial charge in [-0.05, 0) is 205 Å². The van der Waals surface area contributed by atoms with Crippen molar-refractivity contribution in [3.05, 3.63) is 260 Å². The van der Waals surface area contributed by atoms with Crippen molar-refractivity contribution in [1.29, 1.82) is 0 Å². The van der Waals surface area contributed by atoms with E-state index in [1.54, 1.807) is 47.9 Å². The highest BCUT2D eigenvalue weighted by Crippen LogP contribution is 2.46. The Morgan fingerprint density at radius 3 is 1.46 bits per heavy atom. The van der Waals surface area contributed by atoms with E-state index in [9.17, 15) is 28.0 Å². The highest BCUT2D eigenvalue weighted by molar-refractivity contribution is 9.10. The Labute approximate surface area is 640 Å². The number of H-pyrrole nitrogens is 4. The quantitative estimate of drug-likeness (QED) is 0.0572. The molecule has 5 aliphatic rings. The molecule has 27 heteroatoms. The normalized spacial score (nSPS) is 16.8. The van der Waals surface area contributed by atoms with Crippen LogP contribution < -0.4 is 19.5 Å². The molecule has 0 radical (unpaired) electrons. The van der Waals surface area contributed by atoms with E-state index in [0.29, 0.717) is 87.0 Å². The Morgan fingerprint density at radius 1 is 0.481 bits per heavy atom. The summed E-state index contributed by atoms with van der Waals surface area (Å²) in [4.78, 5) is 67.8. The summed E-state index contributed by atoms with van der Waals surface area (Å²) in [7, 11) is 2.70. The van der Waals surface area contributed by atoms with E-state index in [-0.39, 0.29) is 43.7 Å². The SMILES string of the molecule is CCOC(=O)Oc1ccc(C2c3[nH]c4ccc(Cl)cc4c3CCN2C(=O)OCC)cc1.COC(=O)N1CCc2c([nH]c3ccc(Cl)cc23)C1c1ccc(F)c(F)c1.COC(=O)N1CCc2c([nH]c3ccc(Cl)cc23)C1c1ccc2c(c1)OCO2.Clc1ccc(C2NCCc3c2[nH]c2ccc(Br)cc32)c(Cl)c1. The molecule has 9 heterocycles. The zero-order valence-electron chi connectivity index (χ0n) is 57.4. The molecular weight excluding hydrogens is 1530 g/mol. The molecule has 17 rings (SSSR count). The van der Waals surface area contributed by atoms with Gasteiger partial charge < -0.3 is 58.4 Å². The van der Waals surface area contributed by atoms with Crippen LogP contribution in [0.25, 0.3) is 43.6 Å². The zero-order chi connectivity index (χ0) is 74.2. The molecule has 5 aliphatic heterocycles. The molecule has 546 valence electrons. The van der Waals surface area contributed by atoms with Crippen molar-refractivity contribution in [1.82, 2.24) is 40.0 Å². The zero-order valence-corrected chi connectivity index (χ0v) is 62.7. The maximum Gasteiger partial charge on any atom is 0.513 e. The van der Waals surface area contributed by atoms with Crippen LogP contribution in [0.4, 0.5) is 28.0 Å². The van der Waals surface area contributed by atoms with Crippen molar-refractivity contribution < 1.29 is 61.1 Å². The number of benzene rings is 8. The number of fused-ring (bicyclic) bond motifs is 13. The van der Waals surface area contributed by atoms with Crippen molar-refractivity contribution in [2.45, 2.75) is 63.7 Å². The Morgan fingerprint density at radius 2 is 0.934 bits per heavy atom. The third-order valence-electron chi connectivity index (χ3n) is 19.4. The number of methoxy groups -OCH3 is 2. The van der Waals surface area contributed by atoms with E-state index in [4.69, 9.17) is 91.2 Å². The Hall–Kier alpha value is -9.65. The number of halogens is 8. The predicted molar refractivity (Wildman–Crippen MR) is 408 cm³/mol. The lowest BCUT2D eigenvalue weighted by atomic mass is 9.92. The van der Waals surface area contributed by atoms with E-state index in [0.717, 1.165) is 119 Å². The molecular formula is C79H68BrCl5F2N8O11. The fraction of sp³-hybridized carbons (Fsp3) is 0.241. The second kappa shape index (κ2) is 31.4. The number of aromatic amines is 4. The number of carbonyl (C=O) groups is 4. The van der Waals surface area contributed by atoms with Gasteiger partial charge in [-0.3, -0.25) is 14.7 Å². The van der Waals surface area contributed by atoms with Crippen molar-refractivity contribution in [2.75, 3.05) is 60.4 Å². The minimum atomic E-state index is -0.960. The molecule has 0 fully saturated rings. The van der Waals surface area contributed by atoms with E-state index < -0.39 is 29.9 Å². The number of hydrogen-bond donors (Lipinski definition) is 5. The summed E-state index contributed by atoms with van der Waals surface area (Å²) in [6, 6.07) is 44.3. The first-order valence-electron chi connectivity index (χ1n) is 34.1. The maximum atomic E-state index is 13.8. The highest BCUT2D eigenvalue weighted by atomic mass is 79.9. The predicted octanol–water partition coefficient (Wildman–Crippen LogP) is 20.0. The first-order valence-corrected chi connectivity index (χ1v) is 36.8. The van der Waals surface area contributed by atoms with Crippen LogP contribution in [0.15, 0.2) is 156 Å². The molecule has 0 bridgehead atoms. The minimum absolute atomic E-state index is 0.0692. The number of hydrogen-bond acceptors (Lipinski definition) is 12. The summed E-state index contributed by atoms with van der Waals surface area (Å²) < 4.78 is 64.5. The van der Waals surface area contributed by atoms with Crippen molar-refractivity contribution in [3.8, 4) is 17.2 Å². The average Bonchev–Trinajstić information content (AvgIpc) is 1.60. The molecule has 4 aromatic heterocycles. The monoisotopic (exact) mass is 1600 g/mol. The van der Waals surface area contributed by atoms with Crippen LogP contribution in [0.5, 0.6) is 17.2 Å². The summed E-state index contributed by atoms with van der Waals surface area (Å²) >= 11 is 34.5. The number of rotatable bonds is 7. The number of nitrogens with one attached hydrogen (secondary N) is 5. The van der Waals surface area contributed by atoms with E-state index in [1.165, 1.54) is 47.4 Å². The van der Waals surface area contributed by atoms with E-state index in [2.05, 4.69) is 59.4 Å². The van der Waals surface area contributed by atoms with Crippen LogP contribution in [0, 0.1) is 11.6 Å². The molecule has 0 saturated carbocycles. The summed E-state index contributed by atoms with van der Waals surface area (Å²) in [5.74, 6) is -0.132. The number of carbonyl (C=O) groups excluding carboxylic acids is 4. The van der Waals surface area contributed by atoms with Crippen molar-refractivity contribution in [2.24, 2.45) is 0 Å². The first-order chi connectivity index (χ1) is 51.3. The maximum absolute atomic E-state index is 13.8. The summed E-state index contributed by atoms with van der Waals surface area (Å²) in [6.45, 7) is 6.62. The van der Waals surface area contributed by atoms with Gasteiger partial charge in [0, 0.05) is 122 Å². The Kier molecular flexibility index (Phi) is 21.7. The summed E-state index contributed by atoms with van der Waals surface area (Å²) in [5, 5.41) is 11.3. The Bertz CT molecular complexity index is 5380. The smallest absolute Gasteiger partial charge is 0.454 e. The van der Waals surface area contributed by atoms with Gasteiger partial charge in [0.25, 0.3) is 0 Å². The van der Waals surface area contributed by atoms with Crippen LogP contribution in [0.3, 0.4) is 0 Å².